The van der Waals surface area contributed by atoms with Crippen LogP contribution in [0.1, 0.15) is 16.1 Å². The van der Waals surface area contributed by atoms with E-state index in [1.54, 1.807) is 13.0 Å². The summed E-state index contributed by atoms with van der Waals surface area (Å²) in [7, 11) is 0. The summed E-state index contributed by atoms with van der Waals surface area (Å²) in [6.07, 6.45) is 2.88. The van der Waals surface area contributed by atoms with Crippen LogP contribution in [0.5, 0.6) is 0 Å². The predicted molar refractivity (Wildman–Crippen MR) is 82.1 cm³/mol. The first kappa shape index (κ1) is 16.2. The van der Waals surface area contributed by atoms with Gasteiger partial charge in [-0.2, -0.15) is 0 Å². The normalized spacial score (nSPS) is 10.1. The molecule has 0 saturated heterocycles. The Morgan fingerprint density at radius 3 is 2.77 bits per heavy atom. The van der Waals surface area contributed by atoms with Gasteiger partial charge in [0.15, 0.2) is 12.4 Å². The van der Waals surface area contributed by atoms with Crippen LogP contribution < -0.4 is 5.32 Å². The molecule has 2 heterocycles. The van der Waals surface area contributed by atoms with Crippen molar-refractivity contribution < 1.29 is 14.3 Å². The number of rotatable bonds is 4. The third-order valence-corrected chi connectivity index (χ3v) is 3.26. The number of hydrogen-bond acceptors (Lipinski definition) is 5. The number of amides is 1. The molecule has 2 aromatic heterocycles. The summed E-state index contributed by atoms with van der Waals surface area (Å²) in [5.41, 5.74) is 0.780. The Bertz CT molecular complexity index is 708. The maximum absolute atomic E-state index is 11.8. The van der Waals surface area contributed by atoms with E-state index in [0.29, 0.717) is 10.7 Å². The summed E-state index contributed by atoms with van der Waals surface area (Å²) in [6, 6.07) is 4.60. The van der Waals surface area contributed by atoms with Crippen molar-refractivity contribution in [1.29, 1.82) is 0 Å². The quantitative estimate of drug-likeness (QED) is 0.866. The average Bonchev–Trinajstić information content (AvgIpc) is 2.51. The van der Waals surface area contributed by atoms with Crippen molar-refractivity contribution in [2.75, 3.05) is 11.9 Å². The predicted octanol–water partition coefficient (Wildman–Crippen LogP) is 2.89. The van der Waals surface area contributed by atoms with Crippen LogP contribution in [0, 0.1) is 6.92 Å². The summed E-state index contributed by atoms with van der Waals surface area (Å²) < 4.78 is 4.87. The molecule has 0 spiro atoms. The van der Waals surface area contributed by atoms with E-state index in [1.165, 1.54) is 24.5 Å². The largest absolute Gasteiger partial charge is 0.452 e. The molecule has 0 bridgehead atoms. The van der Waals surface area contributed by atoms with Gasteiger partial charge in [-0.25, -0.2) is 9.78 Å². The number of pyridine rings is 2. The molecule has 22 heavy (non-hydrogen) atoms. The summed E-state index contributed by atoms with van der Waals surface area (Å²) in [6.45, 7) is 1.21. The fraction of sp³-hybridized carbons (Fsp3) is 0.143. The summed E-state index contributed by atoms with van der Waals surface area (Å²) in [4.78, 5) is 31.3. The molecule has 0 radical (unpaired) electrons. The minimum absolute atomic E-state index is 0.158. The Hall–Kier alpha value is -2.18. The van der Waals surface area contributed by atoms with Gasteiger partial charge in [-0.3, -0.25) is 9.78 Å². The zero-order valence-corrected chi connectivity index (χ0v) is 13.0. The van der Waals surface area contributed by atoms with E-state index >= 15 is 0 Å². The molecular formula is C14H11Cl2N3O3. The number of nitrogens with one attached hydrogen (secondary N) is 1. The highest BCUT2D eigenvalue weighted by Crippen LogP contribution is 2.25. The lowest BCUT2D eigenvalue weighted by molar-refractivity contribution is -0.119. The molecule has 0 saturated carbocycles. The fourth-order valence-electron chi connectivity index (χ4n) is 1.51. The number of halogens is 2. The maximum atomic E-state index is 11.8. The van der Waals surface area contributed by atoms with Gasteiger partial charge >= 0.3 is 5.97 Å². The lowest BCUT2D eigenvalue weighted by Crippen LogP contribution is -2.21. The third kappa shape index (κ3) is 4.16. The van der Waals surface area contributed by atoms with Crippen LogP contribution in [-0.4, -0.2) is 28.5 Å². The Morgan fingerprint density at radius 2 is 2.09 bits per heavy atom. The van der Waals surface area contributed by atoms with Crippen LogP contribution in [0.15, 0.2) is 30.6 Å². The smallest absolute Gasteiger partial charge is 0.340 e. The number of ether oxygens (including phenoxy) is 1. The molecule has 1 amide bonds. The monoisotopic (exact) mass is 339 g/mol. The van der Waals surface area contributed by atoms with Gasteiger partial charge in [0.2, 0.25) is 0 Å². The van der Waals surface area contributed by atoms with Gasteiger partial charge in [-0.05, 0) is 25.1 Å². The number of esters is 1. The molecule has 6 nitrogen and oxygen atoms in total. The minimum atomic E-state index is -0.644. The molecule has 2 aromatic rings. The van der Waals surface area contributed by atoms with E-state index < -0.39 is 18.5 Å². The molecule has 0 fully saturated rings. The van der Waals surface area contributed by atoms with Crippen molar-refractivity contribution >= 4 is 40.9 Å². The first-order valence-corrected chi connectivity index (χ1v) is 6.92. The molecule has 2 rings (SSSR count). The van der Waals surface area contributed by atoms with Gasteiger partial charge in [0.1, 0.15) is 0 Å². The van der Waals surface area contributed by atoms with Gasteiger partial charge in [0.25, 0.3) is 5.91 Å². The van der Waals surface area contributed by atoms with E-state index in [1.807, 2.05) is 0 Å². The van der Waals surface area contributed by atoms with Gasteiger partial charge < -0.3 is 10.1 Å². The first-order chi connectivity index (χ1) is 10.5. The summed E-state index contributed by atoms with van der Waals surface area (Å²) in [5.74, 6) is -1.05. The molecular weight excluding hydrogens is 329 g/mol. The van der Waals surface area contributed by atoms with Crippen LogP contribution in [-0.2, 0) is 9.53 Å². The highest BCUT2D eigenvalue weighted by Gasteiger charge is 2.13. The lowest BCUT2D eigenvalue weighted by Gasteiger charge is -2.08. The van der Waals surface area contributed by atoms with E-state index in [9.17, 15) is 9.59 Å². The molecule has 0 aliphatic rings. The molecule has 0 aliphatic carbocycles. The van der Waals surface area contributed by atoms with Gasteiger partial charge in [0, 0.05) is 12.4 Å². The van der Waals surface area contributed by atoms with Crippen LogP contribution >= 0.6 is 23.2 Å². The van der Waals surface area contributed by atoms with E-state index in [4.69, 9.17) is 27.9 Å². The van der Waals surface area contributed by atoms with Crippen LogP contribution in [0.25, 0.3) is 0 Å². The van der Waals surface area contributed by atoms with Crippen molar-refractivity contribution in [2.24, 2.45) is 0 Å². The van der Waals surface area contributed by atoms with E-state index in [0.717, 1.165) is 0 Å². The standard InChI is InChI=1S/C14H11Cl2N3O3/c1-8-10(15)5-11(16)13(18-8)19-12(20)7-22-14(21)9-3-2-4-17-6-9/h2-6H,7H2,1H3,(H,18,19,20). The number of nitrogens with zero attached hydrogens (tertiary/aromatic N) is 2. The summed E-state index contributed by atoms with van der Waals surface area (Å²) >= 11 is 11.8. The van der Waals surface area contributed by atoms with Crippen LogP contribution in [0.4, 0.5) is 5.82 Å². The Balaban J connectivity index is 1.94. The number of carbonyl (C=O) groups excluding carboxylic acids is 2. The Labute approximate surface area is 136 Å². The number of aryl methyl sites for hydroxylation is 1. The van der Waals surface area contributed by atoms with E-state index in [2.05, 4.69) is 15.3 Å². The number of aromatic nitrogens is 2. The van der Waals surface area contributed by atoms with Crippen molar-refractivity contribution in [2.45, 2.75) is 6.92 Å². The zero-order valence-electron chi connectivity index (χ0n) is 11.5. The highest BCUT2D eigenvalue weighted by atomic mass is 35.5. The molecule has 0 aliphatic heterocycles. The Kier molecular flexibility index (Phi) is 5.30. The van der Waals surface area contributed by atoms with Gasteiger partial charge in [0.05, 0.1) is 21.3 Å². The van der Waals surface area contributed by atoms with Crippen LogP contribution in [0.3, 0.4) is 0 Å². The maximum Gasteiger partial charge on any atom is 0.340 e. The van der Waals surface area contributed by atoms with Crippen molar-refractivity contribution in [3.05, 3.63) is 51.9 Å². The molecule has 0 unspecified atom stereocenters. The second-order valence-electron chi connectivity index (χ2n) is 4.25. The van der Waals surface area contributed by atoms with Crippen molar-refractivity contribution in [3.63, 3.8) is 0 Å². The van der Waals surface area contributed by atoms with E-state index in [-0.39, 0.29) is 16.4 Å². The molecule has 0 aromatic carbocycles. The summed E-state index contributed by atoms with van der Waals surface area (Å²) in [5, 5.41) is 3.04. The zero-order chi connectivity index (χ0) is 16.1. The van der Waals surface area contributed by atoms with Gasteiger partial charge in [-0.15, -0.1) is 0 Å². The number of anilines is 1. The Morgan fingerprint density at radius 1 is 1.32 bits per heavy atom. The minimum Gasteiger partial charge on any atom is -0.452 e. The van der Waals surface area contributed by atoms with Crippen molar-refractivity contribution in [1.82, 2.24) is 9.97 Å². The SMILES string of the molecule is Cc1nc(NC(=O)COC(=O)c2cccnc2)c(Cl)cc1Cl. The number of carbonyl (C=O) groups is 2. The molecule has 1 N–H and O–H groups in total. The van der Waals surface area contributed by atoms with Crippen molar-refractivity contribution in [3.8, 4) is 0 Å². The first-order valence-electron chi connectivity index (χ1n) is 6.17. The lowest BCUT2D eigenvalue weighted by atomic mass is 10.3. The topological polar surface area (TPSA) is 81.2 Å². The average molecular weight is 340 g/mol. The molecule has 0 atom stereocenters. The van der Waals surface area contributed by atoms with Gasteiger partial charge in [-0.1, -0.05) is 23.2 Å². The molecule has 8 heteroatoms. The highest BCUT2D eigenvalue weighted by molar-refractivity contribution is 6.36. The fourth-order valence-corrected chi connectivity index (χ4v) is 1.92. The second-order valence-corrected chi connectivity index (χ2v) is 5.07. The molecule has 114 valence electrons. The second kappa shape index (κ2) is 7.20. The number of hydrogen-bond donors (Lipinski definition) is 1. The van der Waals surface area contributed by atoms with Crippen LogP contribution in [0.2, 0.25) is 10.0 Å². The third-order valence-electron chi connectivity index (χ3n) is 2.59.